The van der Waals surface area contributed by atoms with Crippen molar-refractivity contribution in [2.24, 2.45) is 5.92 Å². The number of amides is 2. The molecule has 0 unspecified atom stereocenters. The lowest BCUT2D eigenvalue weighted by atomic mass is 9.85. The van der Waals surface area contributed by atoms with E-state index in [2.05, 4.69) is 5.32 Å². The van der Waals surface area contributed by atoms with Gasteiger partial charge in [0.2, 0.25) is 11.8 Å². The van der Waals surface area contributed by atoms with E-state index >= 15 is 0 Å². The number of nitrogens with one attached hydrogen (secondary N) is 1. The van der Waals surface area contributed by atoms with Crippen LogP contribution < -0.4 is 5.32 Å². The highest BCUT2D eigenvalue weighted by Crippen LogP contribution is 2.25. The van der Waals surface area contributed by atoms with Crippen LogP contribution in [0.2, 0.25) is 0 Å². The molecule has 0 aromatic rings. The van der Waals surface area contributed by atoms with Crippen molar-refractivity contribution in [2.45, 2.75) is 31.7 Å². The fraction of sp³-hybridized carbons (Fsp3) is 0.733. The van der Waals surface area contributed by atoms with Crippen LogP contribution in [0.1, 0.15) is 25.7 Å². The molecule has 1 saturated carbocycles. The van der Waals surface area contributed by atoms with Crippen LogP contribution in [0.4, 0.5) is 0 Å². The predicted octanol–water partition coefficient (Wildman–Crippen LogP) is 0.867. The molecule has 0 aromatic heterocycles. The molecule has 0 saturated heterocycles. The lowest BCUT2D eigenvalue weighted by Crippen LogP contribution is -2.40. The van der Waals surface area contributed by atoms with Gasteiger partial charge in [-0.25, -0.2) is 0 Å². The summed E-state index contributed by atoms with van der Waals surface area (Å²) in [5, 5.41) is 3.01. The minimum atomic E-state index is -0.0331. The molecule has 5 heteroatoms. The number of rotatable bonds is 5. The Balaban J connectivity index is 2.30. The average Bonchev–Trinajstić information content (AvgIpc) is 2.38. The second kappa shape index (κ2) is 8.04. The summed E-state index contributed by atoms with van der Waals surface area (Å²) in [6.07, 6.45) is 6.95. The molecule has 0 spiro atoms. The third kappa shape index (κ3) is 5.74. The number of hydrogen-bond donors (Lipinski definition) is 1. The lowest BCUT2D eigenvalue weighted by Gasteiger charge is -2.29. The molecule has 1 N–H and O–H groups in total. The maximum Gasteiger partial charge on any atom is 0.243 e. The highest BCUT2D eigenvalue weighted by molar-refractivity contribution is 5.87. The Kier molecular flexibility index (Phi) is 6.71. The van der Waals surface area contributed by atoms with Crippen LogP contribution in [0.25, 0.3) is 0 Å². The van der Waals surface area contributed by atoms with Gasteiger partial charge in [-0.05, 0) is 39.8 Å². The van der Waals surface area contributed by atoms with E-state index in [1.165, 1.54) is 0 Å². The molecule has 2 amide bonds. The van der Waals surface area contributed by atoms with Crippen LogP contribution in [-0.2, 0) is 9.59 Å². The van der Waals surface area contributed by atoms with Gasteiger partial charge in [-0.15, -0.1) is 0 Å². The normalized spacial score (nSPS) is 23.1. The minimum absolute atomic E-state index is 0.0331. The van der Waals surface area contributed by atoms with Crippen molar-refractivity contribution in [1.82, 2.24) is 15.1 Å². The summed E-state index contributed by atoms with van der Waals surface area (Å²) >= 11 is 0. The molecule has 0 bridgehead atoms. The van der Waals surface area contributed by atoms with Crippen LogP contribution >= 0.6 is 0 Å². The molecule has 0 aromatic carbocycles. The number of carbonyl (C=O) groups is 2. The first-order valence-electron chi connectivity index (χ1n) is 7.23. The standard InChI is InChI=1S/C15H27N3O2/c1-17(2)11-5-6-14(19)16-13-9-7-12(8-10-13)15(20)18(3)4/h5-6,12-13H,7-11H2,1-4H3,(H,16,19)/b6-5+. The summed E-state index contributed by atoms with van der Waals surface area (Å²) in [4.78, 5) is 27.2. The molecule has 0 aliphatic heterocycles. The SMILES string of the molecule is CN(C)C/C=C/C(=O)NC1CCC(C(=O)N(C)C)CC1. The minimum Gasteiger partial charge on any atom is -0.350 e. The van der Waals surface area contributed by atoms with Crippen LogP contribution in [0.5, 0.6) is 0 Å². The Morgan fingerprint density at radius 3 is 2.20 bits per heavy atom. The van der Waals surface area contributed by atoms with Crippen molar-refractivity contribution < 1.29 is 9.59 Å². The maximum atomic E-state index is 11.9. The van der Waals surface area contributed by atoms with Gasteiger partial charge in [0.15, 0.2) is 0 Å². The van der Waals surface area contributed by atoms with E-state index in [0.29, 0.717) is 0 Å². The number of hydrogen-bond acceptors (Lipinski definition) is 3. The predicted molar refractivity (Wildman–Crippen MR) is 80.3 cm³/mol. The van der Waals surface area contributed by atoms with Crippen LogP contribution in [0.3, 0.4) is 0 Å². The zero-order chi connectivity index (χ0) is 15.1. The van der Waals surface area contributed by atoms with Crippen molar-refractivity contribution in [3.63, 3.8) is 0 Å². The number of nitrogens with zero attached hydrogens (tertiary/aromatic N) is 2. The molecule has 0 radical (unpaired) electrons. The van der Waals surface area contributed by atoms with E-state index in [-0.39, 0.29) is 23.8 Å². The molecule has 20 heavy (non-hydrogen) atoms. The Bertz CT molecular complexity index is 356. The van der Waals surface area contributed by atoms with E-state index in [4.69, 9.17) is 0 Å². The number of likely N-dealkylation sites (N-methyl/N-ethyl adjacent to an activating group) is 1. The summed E-state index contributed by atoms with van der Waals surface area (Å²) in [5.74, 6) is 0.303. The van der Waals surface area contributed by atoms with E-state index in [1.807, 2.05) is 25.1 Å². The smallest absolute Gasteiger partial charge is 0.243 e. The van der Waals surface area contributed by atoms with E-state index in [1.54, 1.807) is 25.1 Å². The molecule has 0 heterocycles. The zero-order valence-corrected chi connectivity index (χ0v) is 13.1. The molecule has 1 fully saturated rings. The summed E-state index contributed by atoms with van der Waals surface area (Å²) in [7, 11) is 7.52. The molecule has 0 atom stereocenters. The quantitative estimate of drug-likeness (QED) is 0.761. The van der Waals surface area contributed by atoms with Gasteiger partial charge in [-0.2, -0.15) is 0 Å². The molecule has 1 aliphatic carbocycles. The van der Waals surface area contributed by atoms with E-state index < -0.39 is 0 Å². The zero-order valence-electron chi connectivity index (χ0n) is 13.1. The topological polar surface area (TPSA) is 52.7 Å². The Morgan fingerprint density at radius 2 is 1.70 bits per heavy atom. The Hall–Kier alpha value is -1.36. The van der Waals surface area contributed by atoms with Gasteiger partial charge >= 0.3 is 0 Å². The van der Waals surface area contributed by atoms with Crippen molar-refractivity contribution in [1.29, 1.82) is 0 Å². The van der Waals surface area contributed by atoms with E-state index in [0.717, 1.165) is 32.2 Å². The first-order valence-corrected chi connectivity index (χ1v) is 7.23. The third-order valence-electron chi connectivity index (χ3n) is 3.60. The molecule has 114 valence electrons. The highest BCUT2D eigenvalue weighted by Gasteiger charge is 2.27. The average molecular weight is 281 g/mol. The summed E-state index contributed by atoms with van der Waals surface area (Å²) in [6.45, 7) is 0.761. The van der Waals surface area contributed by atoms with Gasteiger partial charge < -0.3 is 15.1 Å². The highest BCUT2D eigenvalue weighted by atomic mass is 16.2. The monoisotopic (exact) mass is 281 g/mol. The van der Waals surface area contributed by atoms with Crippen molar-refractivity contribution in [3.05, 3.63) is 12.2 Å². The van der Waals surface area contributed by atoms with Gasteiger partial charge in [-0.1, -0.05) is 6.08 Å². The molecular formula is C15H27N3O2. The molecular weight excluding hydrogens is 254 g/mol. The first kappa shape index (κ1) is 16.7. The van der Waals surface area contributed by atoms with Gasteiger partial charge in [0.05, 0.1) is 0 Å². The molecule has 1 rings (SSSR count). The van der Waals surface area contributed by atoms with Gasteiger partial charge in [-0.3, -0.25) is 9.59 Å². The van der Waals surface area contributed by atoms with E-state index in [9.17, 15) is 9.59 Å². The second-order valence-corrected chi connectivity index (χ2v) is 5.95. The first-order chi connectivity index (χ1) is 9.40. The lowest BCUT2D eigenvalue weighted by molar-refractivity contribution is -0.134. The fourth-order valence-electron chi connectivity index (χ4n) is 2.47. The molecule has 1 aliphatic rings. The Morgan fingerprint density at radius 1 is 1.10 bits per heavy atom. The van der Waals surface area contributed by atoms with Crippen molar-refractivity contribution in [3.8, 4) is 0 Å². The van der Waals surface area contributed by atoms with Crippen LogP contribution in [0, 0.1) is 5.92 Å². The van der Waals surface area contributed by atoms with Crippen molar-refractivity contribution in [2.75, 3.05) is 34.7 Å². The summed E-state index contributed by atoms with van der Waals surface area (Å²) in [6, 6.07) is 0.206. The largest absolute Gasteiger partial charge is 0.350 e. The summed E-state index contributed by atoms with van der Waals surface area (Å²) < 4.78 is 0. The third-order valence-corrected chi connectivity index (χ3v) is 3.60. The van der Waals surface area contributed by atoms with Crippen LogP contribution in [-0.4, -0.2) is 62.4 Å². The fourth-order valence-corrected chi connectivity index (χ4v) is 2.47. The second-order valence-electron chi connectivity index (χ2n) is 5.95. The Labute approximate surface area is 122 Å². The van der Waals surface area contributed by atoms with Crippen molar-refractivity contribution >= 4 is 11.8 Å². The van der Waals surface area contributed by atoms with Gasteiger partial charge in [0.25, 0.3) is 0 Å². The maximum absolute atomic E-state index is 11.9. The number of carbonyl (C=O) groups excluding carboxylic acids is 2. The van der Waals surface area contributed by atoms with Gasteiger partial charge in [0, 0.05) is 38.7 Å². The molecule has 5 nitrogen and oxygen atoms in total. The summed E-state index contributed by atoms with van der Waals surface area (Å²) in [5.41, 5.74) is 0. The van der Waals surface area contributed by atoms with Gasteiger partial charge in [0.1, 0.15) is 0 Å². The van der Waals surface area contributed by atoms with Crippen LogP contribution in [0.15, 0.2) is 12.2 Å².